The number of hydrogen-bond acceptors (Lipinski definition) is 2. The zero-order valence-electron chi connectivity index (χ0n) is 10.1. The van der Waals surface area contributed by atoms with E-state index < -0.39 is 0 Å². The van der Waals surface area contributed by atoms with E-state index in [9.17, 15) is 0 Å². The average Bonchev–Trinajstić information content (AvgIpc) is 2.41. The lowest BCUT2D eigenvalue weighted by atomic mass is 9.68. The summed E-state index contributed by atoms with van der Waals surface area (Å²) < 4.78 is 6.21. The molecule has 86 valence electrons. The van der Waals surface area contributed by atoms with Crippen LogP contribution in [0.3, 0.4) is 0 Å². The van der Waals surface area contributed by atoms with Crippen LogP contribution in [0.25, 0.3) is 0 Å². The molecule has 1 heterocycles. The molecule has 2 nitrogen and oxygen atoms in total. The normalized spacial score (nSPS) is 42.0. The van der Waals surface area contributed by atoms with Crippen molar-refractivity contribution in [2.45, 2.75) is 58.1 Å². The highest BCUT2D eigenvalue weighted by atomic mass is 16.5. The van der Waals surface area contributed by atoms with Gasteiger partial charge in [0.15, 0.2) is 0 Å². The van der Waals surface area contributed by atoms with Gasteiger partial charge < -0.3 is 4.74 Å². The fourth-order valence-electron chi connectivity index (χ4n) is 3.50. The van der Waals surface area contributed by atoms with E-state index in [0.717, 1.165) is 6.61 Å². The van der Waals surface area contributed by atoms with Crippen molar-refractivity contribution < 1.29 is 4.74 Å². The van der Waals surface area contributed by atoms with Crippen molar-refractivity contribution in [2.24, 2.45) is 10.8 Å². The van der Waals surface area contributed by atoms with E-state index in [4.69, 9.17) is 4.74 Å². The van der Waals surface area contributed by atoms with Gasteiger partial charge in [-0.25, -0.2) is 0 Å². The Kier molecular flexibility index (Phi) is 2.01. The Morgan fingerprint density at radius 3 is 2.27 bits per heavy atom. The third-order valence-corrected chi connectivity index (χ3v) is 4.82. The summed E-state index contributed by atoms with van der Waals surface area (Å²) in [4.78, 5) is 0. The summed E-state index contributed by atoms with van der Waals surface area (Å²) in [5, 5.41) is 3.72. The summed E-state index contributed by atoms with van der Waals surface area (Å²) in [5.41, 5.74) is 1.04. The van der Waals surface area contributed by atoms with Crippen LogP contribution in [0, 0.1) is 10.8 Å². The van der Waals surface area contributed by atoms with Crippen LogP contribution in [0.15, 0.2) is 0 Å². The molecule has 1 N–H and O–H groups in total. The van der Waals surface area contributed by atoms with Crippen molar-refractivity contribution in [3.05, 3.63) is 0 Å². The van der Waals surface area contributed by atoms with Crippen molar-refractivity contribution in [3.63, 3.8) is 0 Å². The van der Waals surface area contributed by atoms with Gasteiger partial charge in [0.25, 0.3) is 0 Å². The minimum Gasteiger partial charge on any atom is -0.360 e. The molecule has 0 bridgehead atoms. The summed E-state index contributed by atoms with van der Waals surface area (Å²) in [5.74, 6) is 0. The molecule has 0 aromatic carbocycles. The van der Waals surface area contributed by atoms with Crippen LogP contribution in [0.1, 0.15) is 52.4 Å². The number of hydrogen-bond donors (Lipinski definition) is 1. The minimum absolute atomic E-state index is 0.0460. The molecule has 2 heteroatoms. The molecule has 2 aliphatic carbocycles. The van der Waals surface area contributed by atoms with E-state index >= 15 is 0 Å². The van der Waals surface area contributed by atoms with Gasteiger partial charge >= 0.3 is 0 Å². The lowest BCUT2D eigenvalue weighted by Crippen LogP contribution is -2.60. The van der Waals surface area contributed by atoms with Gasteiger partial charge in [-0.15, -0.1) is 0 Å². The van der Waals surface area contributed by atoms with Crippen LogP contribution in [0.4, 0.5) is 0 Å². The van der Waals surface area contributed by atoms with E-state index in [0.29, 0.717) is 10.8 Å². The standard InChI is InChI=1S/C13H23NO/c1-11(2)6-7-13(8-11)14-9-12(10-15-13)4-3-5-12/h14H,3-10H2,1-2H3. The monoisotopic (exact) mass is 209 g/mol. The molecule has 15 heavy (non-hydrogen) atoms. The van der Waals surface area contributed by atoms with Gasteiger partial charge in [0, 0.05) is 12.0 Å². The molecule has 0 aromatic heterocycles. The first-order chi connectivity index (χ1) is 7.04. The smallest absolute Gasteiger partial charge is 0.119 e. The van der Waals surface area contributed by atoms with Crippen molar-refractivity contribution in [2.75, 3.05) is 13.2 Å². The second kappa shape index (κ2) is 2.98. The molecule has 1 aliphatic heterocycles. The molecular weight excluding hydrogens is 186 g/mol. The molecule has 2 spiro atoms. The highest BCUT2D eigenvalue weighted by Gasteiger charge is 2.51. The zero-order valence-corrected chi connectivity index (χ0v) is 10.1. The Morgan fingerprint density at radius 2 is 1.87 bits per heavy atom. The molecule has 1 atom stereocenters. The van der Waals surface area contributed by atoms with Crippen LogP contribution in [-0.4, -0.2) is 18.9 Å². The van der Waals surface area contributed by atoms with Crippen LogP contribution < -0.4 is 5.32 Å². The van der Waals surface area contributed by atoms with Crippen molar-refractivity contribution in [1.82, 2.24) is 5.32 Å². The van der Waals surface area contributed by atoms with Gasteiger partial charge in [0.1, 0.15) is 5.72 Å². The molecule has 2 saturated carbocycles. The Balaban J connectivity index is 1.66. The lowest BCUT2D eigenvalue weighted by Gasteiger charge is -2.51. The predicted molar refractivity (Wildman–Crippen MR) is 60.6 cm³/mol. The summed E-state index contributed by atoms with van der Waals surface area (Å²) in [7, 11) is 0. The van der Waals surface area contributed by atoms with E-state index in [1.807, 2.05) is 0 Å². The molecular formula is C13H23NO. The SMILES string of the molecule is CC1(C)CCC2(C1)NCC1(CCC1)CO2. The number of nitrogens with one attached hydrogen (secondary N) is 1. The van der Waals surface area contributed by atoms with Gasteiger partial charge in [0.2, 0.25) is 0 Å². The molecule has 0 amide bonds. The Bertz CT molecular complexity index is 258. The Hall–Kier alpha value is -0.0800. The highest BCUT2D eigenvalue weighted by molar-refractivity contribution is 5.01. The fourth-order valence-corrected chi connectivity index (χ4v) is 3.50. The van der Waals surface area contributed by atoms with E-state index in [1.165, 1.54) is 45.1 Å². The third-order valence-electron chi connectivity index (χ3n) is 4.82. The van der Waals surface area contributed by atoms with Gasteiger partial charge in [-0.1, -0.05) is 20.3 Å². The molecule has 1 saturated heterocycles. The zero-order chi connectivity index (χ0) is 10.6. The topological polar surface area (TPSA) is 21.3 Å². The van der Waals surface area contributed by atoms with Gasteiger partial charge in [-0.2, -0.15) is 0 Å². The largest absolute Gasteiger partial charge is 0.360 e. The predicted octanol–water partition coefficient (Wildman–Crippen LogP) is 2.68. The molecule has 0 aromatic rings. The van der Waals surface area contributed by atoms with Crippen LogP contribution >= 0.6 is 0 Å². The fraction of sp³-hybridized carbons (Fsp3) is 1.00. The van der Waals surface area contributed by atoms with Crippen LogP contribution in [0.5, 0.6) is 0 Å². The first kappa shape index (κ1) is 10.1. The maximum atomic E-state index is 6.21. The Morgan fingerprint density at radius 1 is 1.07 bits per heavy atom. The summed E-state index contributed by atoms with van der Waals surface area (Å²) in [6.07, 6.45) is 7.85. The van der Waals surface area contributed by atoms with Gasteiger partial charge in [0.05, 0.1) is 6.61 Å². The van der Waals surface area contributed by atoms with E-state index in [1.54, 1.807) is 0 Å². The molecule has 1 unspecified atom stereocenters. The number of ether oxygens (including phenoxy) is 1. The maximum Gasteiger partial charge on any atom is 0.119 e. The second-order valence-electron chi connectivity index (χ2n) is 6.83. The maximum absolute atomic E-state index is 6.21. The van der Waals surface area contributed by atoms with Crippen molar-refractivity contribution >= 4 is 0 Å². The van der Waals surface area contributed by atoms with Crippen LogP contribution in [0.2, 0.25) is 0 Å². The Labute approximate surface area is 92.8 Å². The van der Waals surface area contributed by atoms with Gasteiger partial charge in [-0.3, -0.25) is 5.32 Å². The molecule has 3 rings (SSSR count). The molecule has 0 radical (unpaired) electrons. The molecule has 3 aliphatic rings. The number of rotatable bonds is 0. The summed E-state index contributed by atoms with van der Waals surface area (Å²) in [6.45, 7) is 6.93. The summed E-state index contributed by atoms with van der Waals surface area (Å²) in [6, 6.07) is 0. The van der Waals surface area contributed by atoms with Gasteiger partial charge in [-0.05, 0) is 37.5 Å². The highest BCUT2D eigenvalue weighted by Crippen LogP contribution is 2.50. The quantitative estimate of drug-likeness (QED) is 0.662. The average molecular weight is 209 g/mol. The van der Waals surface area contributed by atoms with E-state index in [2.05, 4.69) is 19.2 Å². The third kappa shape index (κ3) is 1.62. The lowest BCUT2D eigenvalue weighted by molar-refractivity contribution is -0.164. The van der Waals surface area contributed by atoms with Crippen molar-refractivity contribution in [3.8, 4) is 0 Å². The summed E-state index contributed by atoms with van der Waals surface area (Å²) >= 11 is 0. The first-order valence-electron chi connectivity index (χ1n) is 6.42. The second-order valence-corrected chi connectivity index (χ2v) is 6.83. The molecule has 3 fully saturated rings. The van der Waals surface area contributed by atoms with Crippen LogP contribution in [-0.2, 0) is 4.74 Å². The van der Waals surface area contributed by atoms with E-state index in [-0.39, 0.29) is 5.72 Å². The first-order valence-corrected chi connectivity index (χ1v) is 6.42. The minimum atomic E-state index is 0.0460. The van der Waals surface area contributed by atoms with Crippen molar-refractivity contribution in [1.29, 1.82) is 0 Å².